The highest BCUT2D eigenvalue weighted by Crippen LogP contribution is 2.16. The topological polar surface area (TPSA) is 133 Å². The van der Waals surface area contributed by atoms with Crippen LogP contribution in [0.3, 0.4) is 0 Å². The molecule has 11 heteroatoms. The Morgan fingerprint density at radius 3 is 2.68 bits per heavy atom. The zero-order valence-corrected chi connectivity index (χ0v) is 16.4. The van der Waals surface area contributed by atoms with Crippen molar-refractivity contribution in [3.05, 3.63) is 41.9 Å². The van der Waals surface area contributed by atoms with Crippen LogP contribution in [0.2, 0.25) is 5.02 Å². The minimum Gasteiger partial charge on any atom is -0.382 e. The van der Waals surface area contributed by atoms with Crippen LogP contribution < -0.4 is 11.1 Å². The molecule has 0 radical (unpaired) electrons. The number of imidazole rings is 1. The number of aromatic nitrogens is 4. The van der Waals surface area contributed by atoms with E-state index < -0.39 is 9.84 Å². The van der Waals surface area contributed by atoms with Gasteiger partial charge in [0.1, 0.15) is 11.8 Å². The molecule has 0 unspecified atom stereocenters. The number of halogens is 1. The second-order valence-corrected chi connectivity index (χ2v) is 8.64. The van der Waals surface area contributed by atoms with Gasteiger partial charge in [-0.15, -0.1) is 0 Å². The maximum atomic E-state index is 12.2. The molecule has 0 spiro atoms. The van der Waals surface area contributed by atoms with Crippen molar-refractivity contribution < 1.29 is 13.2 Å². The molecule has 0 aliphatic rings. The fourth-order valence-corrected chi connectivity index (χ4v) is 4.09. The molecule has 2 aromatic heterocycles. The number of hydrogen-bond acceptors (Lipinski definition) is 7. The van der Waals surface area contributed by atoms with Gasteiger partial charge in [0, 0.05) is 24.5 Å². The molecule has 0 aliphatic heterocycles. The number of nitrogen functional groups attached to an aromatic ring is 1. The van der Waals surface area contributed by atoms with E-state index in [1.165, 1.54) is 30.6 Å². The van der Waals surface area contributed by atoms with E-state index in [2.05, 4.69) is 20.3 Å². The van der Waals surface area contributed by atoms with E-state index in [9.17, 15) is 13.2 Å². The smallest absolute Gasteiger partial charge is 0.220 e. The van der Waals surface area contributed by atoms with Crippen molar-refractivity contribution in [2.45, 2.75) is 24.3 Å². The lowest BCUT2D eigenvalue weighted by atomic mass is 10.3. The normalized spacial score (nSPS) is 11.6. The molecule has 0 saturated carbocycles. The van der Waals surface area contributed by atoms with Crippen LogP contribution in [0.25, 0.3) is 11.2 Å². The highest BCUT2D eigenvalue weighted by atomic mass is 35.5. The lowest BCUT2D eigenvalue weighted by Gasteiger charge is -2.07. The first-order valence-electron chi connectivity index (χ1n) is 8.53. The summed E-state index contributed by atoms with van der Waals surface area (Å²) in [7, 11) is -3.43. The first-order chi connectivity index (χ1) is 13.4. The Balaban J connectivity index is 1.44. The molecule has 148 valence electrons. The lowest BCUT2D eigenvalue weighted by Crippen LogP contribution is -2.27. The summed E-state index contributed by atoms with van der Waals surface area (Å²) in [6.07, 6.45) is 3.29. The van der Waals surface area contributed by atoms with Crippen LogP contribution >= 0.6 is 11.6 Å². The van der Waals surface area contributed by atoms with Crippen LogP contribution in [0.4, 0.5) is 5.82 Å². The number of amides is 1. The average molecular weight is 423 g/mol. The Kier molecular flexibility index (Phi) is 6.10. The van der Waals surface area contributed by atoms with Gasteiger partial charge in [0.15, 0.2) is 21.3 Å². The van der Waals surface area contributed by atoms with E-state index in [0.29, 0.717) is 35.1 Å². The predicted octanol–water partition coefficient (Wildman–Crippen LogP) is 1.43. The lowest BCUT2D eigenvalue weighted by molar-refractivity contribution is -0.121. The summed E-state index contributed by atoms with van der Waals surface area (Å²) in [6, 6.07) is 5.98. The van der Waals surface area contributed by atoms with E-state index in [1.54, 1.807) is 10.9 Å². The van der Waals surface area contributed by atoms with Crippen LogP contribution in [0.1, 0.15) is 12.8 Å². The maximum Gasteiger partial charge on any atom is 0.220 e. The SMILES string of the molecule is Nc1ncnc2c1ncn2CCNC(=O)CCCS(=O)(=O)c1ccc(Cl)cc1. The summed E-state index contributed by atoms with van der Waals surface area (Å²) in [6.45, 7) is 0.819. The summed E-state index contributed by atoms with van der Waals surface area (Å²) in [4.78, 5) is 24.3. The number of carbonyl (C=O) groups excluding carboxylic acids is 1. The monoisotopic (exact) mass is 422 g/mol. The summed E-state index contributed by atoms with van der Waals surface area (Å²) in [5.74, 6) is -0.0238. The van der Waals surface area contributed by atoms with Gasteiger partial charge in [0.25, 0.3) is 0 Å². The summed E-state index contributed by atoms with van der Waals surface area (Å²) in [5.41, 5.74) is 6.84. The first kappa shape index (κ1) is 20.0. The number of carbonyl (C=O) groups is 1. The van der Waals surface area contributed by atoms with Gasteiger partial charge in [-0.3, -0.25) is 4.79 Å². The van der Waals surface area contributed by atoms with E-state index in [4.69, 9.17) is 17.3 Å². The molecule has 0 bridgehead atoms. The molecule has 28 heavy (non-hydrogen) atoms. The molecule has 3 N–H and O–H groups in total. The van der Waals surface area contributed by atoms with E-state index in [1.807, 2.05) is 0 Å². The van der Waals surface area contributed by atoms with Gasteiger partial charge >= 0.3 is 0 Å². The quantitative estimate of drug-likeness (QED) is 0.560. The molecule has 1 aromatic carbocycles. The fourth-order valence-electron chi connectivity index (χ4n) is 2.65. The molecule has 0 fully saturated rings. The van der Waals surface area contributed by atoms with Gasteiger partial charge in [0.05, 0.1) is 17.0 Å². The third-order valence-corrected chi connectivity index (χ3v) is 6.16. The second-order valence-electron chi connectivity index (χ2n) is 6.10. The Morgan fingerprint density at radius 1 is 1.18 bits per heavy atom. The maximum absolute atomic E-state index is 12.2. The molecule has 1 amide bonds. The van der Waals surface area contributed by atoms with Crippen molar-refractivity contribution in [1.82, 2.24) is 24.8 Å². The highest BCUT2D eigenvalue weighted by molar-refractivity contribution is 7.91. The Labute approximate surface area is 166 Å². The van der Waals surface area contributed by atoms with Crippen molar-refractivity contribution >= 4 is 44.3 Å². The van der Waals surface area contributed by atoms with Crippen molar-refractivity contribution in [2.75, 3.05) is 18.0 Å². The largest absolute Gasteiger partial charge is 0.382 e. The minimum atomic E-state index is -3.43. The molecular formula is C17H19ClN6O3S. The average Bonchev–Trinajstić information content (AvgIpc) is 3.06. The Morgan fingerprint density at radius 2 is 1.93 bits per heavy atom. The van der Waals surface area contributed by atoms with Crippen molar-refractivity contribution in [3.8, 4) is 0 Å². The molecule has 9 nitrogen and oxygen atoms in total. The number of nitrogens with one attached hydrogen (secondary N) is 1. The number of rotatable bonds is 8. The number of nitrogens with zero attached hydrogens (tertiary/aromatic N) is 4. The van der Waals surface area contributed by atoms with Crippen LogP contribution in [-0.2, 0) is 21.2 Å². The molecule has 0 atom stereocenters. The third kappa shape index (κ3) is 4.76. The number of anilines is 1. The van der Waals surface area contributed by atoms with Gasteiger partial charge < -0.3 is 15.6 Å². The van der Waals surface area contributed by atoms with Gasteiger partial charge in [-0.25, -0.2) is 23.4 Å². The van der Waals surface area contributed by atoms with Gasteiger partial charge in [-0.2, -0.15) is 0 Å². The Hall–Kier alpha value is -2.72. The number of nitrogens with two attached hydrogens (primary N) is 1. The zero-order chi connectivity index (χ0) is 20.1. The van der Waals surface area contributed by atoms with E-state index >= 15 is 0 Å². The summed E-state index contributed by atoms with van der Waals surface area (Å²) >= 11 is 5.77. The van der Waals surface area contributed by atoms with Gasteiger partial charge in [-0.1, -0.05) is 11.6 Å². The first-order valence-corrected chi connectivity index (χ1v) is 10.6. The summed E-state index contributed by atoms with van der Waals surface area (Å²) < 4.78 is 26.2. The van der Waals surface area contributed by atoms with Crippen LogP contribution in [0.15, 0.2) is 41.8 Å². The number of sulfone groups is 1. The van der Waals surface area contributed by atoms with E-state index in [-0.39, 0.29) is 29.4 Å². The number of hydrogen-bond donors (Lipinski definition) is 2. The molecule has 0 aliphatic carbocycles. The fraction of sp³-hybridized carbons (Fsp3) is 0.294. The molecule has 2 heterocycles. The molecular weight excluding hydrogens is 404 g/mol. The van der Waals surface area contributed by atoms with Crippen molar-refractivity contribution in [3.63, 3.8) is 0 Å². The molecule has 3 aromatic rings. The predicted molar refractivity (Wildman–Crippen MR) is 105 cm³/mol. The standard InChI is InChI=1S/C17H19ClN6O3S/c18-12-3-5-13(6-4-12)28(26,27)9-1-2-14(25)20-7-8-24-11-23-15-16(19)21-10-22-17(15)24/h3-6,10-11H,1-2,7-9H2,(H,20,25)(H2,19,21,22). The van der Waals surface area contributed by atoms with Crippen LogP contribution in [0.5, 0.6) is 0 Å². The van der Waals surface area contributed by atoms with E-state index in [0.717, 1.165) is 0 Å². The van der Waals surface area contributed by atoms with Crippen molar-refractivity contribution in [2.24, 2.45) is 0 Å². The minimum absolute atomic E-state index is 0.107. The number of fused-ring (bicyclic) bond motifs is 1. The highest BCUT2D eigenvalue weighted by Gasteiger charge is 2.15. The number of benzene rings is 1. The molecule has 3 rings (SSSR count). The van der Waals surface area contributed by atoms with Crippen LogP contribution in [0, 0.1) is 0 Å². The van der Waals surface area contributed by atoms with Crippen molar-refractivity contribution in [1.29, 1.82) is 0 Å². The van der Waals surface area contributed by atoms with Crippen LogP contribution in [-0.4, -0.2) is 46.1 Å². The Bertz CT molecular complexity index is 1080. The summed E-state index contributed by atoms with van der Waals surface area (Å²) in [5, 5.41) is 3.23. The van der Waals surface area contributed by atoms with Gasteiger partial charge in [0.2, 0.25) is 5.91 Å². The molecule has 0 saturated heterocycles. The van der Waals surface area contributed by atoms with Gasteiger partial charge in [-0.05, 0) is 30.7 Å². The third-order valence-electron chi connectivity index (χ3n) is 4.09. The second kappa shape index (κ2) is 8.53. The zero-order valence-electron chi connectivity index (χ0n) is 14.9.